The molecule has 1 aromatic rings. The molecule has 2 nitrogen and oxygen atoms in total. The predicted octanol–water partition coefficient (Wildman–Crippen LogP) is 3.45. The molecule has 1 N–H and O–H groups in total. The molecule has 0 aliphatic carbocycles. The number of anilines is 1. The molecule has 0 radical (unpaired) electrons. The summed E-state index contributed by atoms with van der Waals surface area (Å²) in [6.45, 7) is 8.99. The summed E-state index contributed by atoms with van der Waals surface area (Å²) in [6, 6.07) is 0.831. The molecular weight excluding hydrogens is 210 g/mol. The molecule has 16 heavy (non-hydrogen) atoms. The zero-order valence-electron chi connectivity index (χ0n) is 10.1. The number of halogens is 2. The average molecular weight is 228 g/mol. The number of hydrogen-bond acceptors (Lipinski definition) is 2. The third-order valence-electron chi connectivity index (χ3n) is 3.08. The number of nitrogens with zero attached hydrogens (tertiary/aromatic N) is 1. The van der Waals surface area contributed by atoms with Crippen LogP contribution < -0.4 is 5.32 Å². The lowest BCUT2D eigenvalue weighted by Gasteiger charge is -2.29. The van der Waals surface area contributed by atoms with Crippen LogP contribution in [0, 0.1) is 23.0 Å². The van der Waals surface area contributed by atoms with Crippen LogP contribution in [0.5, 0.6) is 0 Å². The minimum atomic E-state index is -0.661. The van der Waals surface area contributed by atoms with E-state index in [0.29, 0.717) is 12.5 Å². The third kappa shape index (κ3) is 3.15. The highest BCUT2D eigenvalue weighted by atomic mass is 19.1. The zero-order valence-corrected chi connectivity index (χ0v) is 10.1. The van der Waals surface area contributed by atoms with Gasteiger partial charge in [0, 0.05) is 12.6 Å². The van der Waals surface area contributed by atoms with Crippen LogP contribution in [-0.2, 0) is 0 Å². The van der Waals surface area contributed by atoms with Gasteiger partial charge in [-0.25, -0.2) is 13.8 Å². The van der Waals surface area contributed by atoms with Crippen LogP contribution in [-0.4, -0.2) is 11.5 Å². The van der Waals surface area contributed by atoms with Gasteiger partial charge in [0.25, 0.3) is 0 Å². The van der Waals surface area contributed by atoms with Gasteiger partial charge in [-0.15, -0.1) is 0 Å². The first kappa shape index (κ1) is 12.9. The van der Waals surface area contributed by atoms with E-state index in [2.05, 4.69) is 38.0 Å². The Balaban J connectivity index is 2.68. The average Bonchev–Trinajstić information content (AvgIpc) is 2.16. The van der Waals surface area contributed by atoms with Gasteiger partial charge in [-0.2, -0.15) is 0 Å². The molecule has 1 aromatic heterocycles. The normalized spacial score (nSPS) is 11.9. The molecule has 0 atom stereocenters. The highest BCUT2D eigenvalue weighted by molar-refractivity contribution is 5.36. The van der Waals surface area contributed by atoms with Crippen molar-refractivity contribution >= 4 is 5.82 Å². The molecular formula is C12H18F2N2. The summed E-state index contributed by atoms with van der Waals surface area (Å²) >= 11 is 0. The largest absolute Gasteiger partial charge is 0.367 e. The lowest BCUT2D eigenvalue weighted by molar-refractivity contribution is 0.269. The van der Waals surface area contributed by atoms with Gasteiger partial charge in [0.1, 0.15) is 5.82 Å². The molecule has 1 rings (SSSR count). The van der Waals surface area contributed by atoms with E-state index >= 15 is 0 Å². The maximum absolute atomic E-state index is 13.3. The summed E-state index contributed by atoms with van der Waals surface area (Å²) in [4.78, 5) is 3.68. The van der Waals surface area contributed by atoms with E-state index in [1.807, 2.05) is 0 Å². The van der Waals surface area contributed by atoms with Gasteiger partial charge in [0.05, 0.1) is 6.20 Å². The highest BCUT2D eigenvalue weighted by Crippen LogP contribution is 2.26. The van der Waals surface area contributed by atoms with Crippen molar-refractivity contribution in [3.63, 3.8) is 0 Å². The van der Waals surface area contributed by atoms with Gasteiger partial charge < -0.3 is 5.32 Å². The molecule has 0 saturated carbocycles. The second kappa shape index (κ2) is 4.76. The molecule has 1 heterocycles. The Hall–Kier alpha value is -1.19. The summed E-state index contributed by atoms with van der Waals surface area (Å²) in [5.41, 5.74) is 0.0303. The first-order valence-electron chi connectivity index (χ1n) is 5.38. The van der Waals surface area contributed by atoms with E-state index in [1.165, 1.54) is 0 Å². The van der Waals surface area contributed by atoms with Crippen molar-refractivity contribution in [2.45, 2.75) is 27.7 Å². The SMILES string of the molecule is CC(C)C(C)(C)CNc1ncc(F)cc1F. The summed E-state index contributed by atoms with van der Waals surface area (Å²) in [7, 11) is 0. The van der Waals surface area contributed by atoms with Crippen LogP contribution in [0.1, 0.15) is 27.7 Å². The number of nitrogens with one attached hydrogen (secondary N) is 1. The number of aromatic nitrogens is 1. The summed E-state index contributed by atoms with van der Waals surface area (Å²) < 4.78 is 25.9. The molecule has 0 unspecified atom stereocenters. The Morgan fingerprint density at radius 3 is 2.50 bits per heavy atom. The fraction of sp³-hybridized carbons (Fsp3) is 0.583. The molecule has 0 aliphatic heterocycles. The van der Waals surface area contributed by atoms with Crippen LogP contribution in [0.25, 0.3) is 0 Å². The van der Waals surface area contributed by atoms with Crippen LogP contribution in [0.2, 0.25) is 0 Å². The Labute approximate surface area is 95.1 Å². The third-order valence-corrected chi connectivity index (χ3v) is 3.08. The molecule has 90 valence electrons. The topological polar surface area (TPSA) is 24.9 Å². The lowest BCUT2D eigenvalue weighted by atomic mass is 9.81. The lowest BCUT2D eigenvalue weighted by Crippen LogP contribution is -2.29. The van der Waals surface area contributed by atoms with E-state index in [0.717, 1.165) is 12.3 Å². The monoisotopic (exact) mass is 228 g/mol. The quantitative estimate of drug-likeness (QED) is 0.853. The molecule has 0 bridgehead atoms. The summed E-state index contributed by atoms with van der Waals surface area (Å²) in [5.74, 6) is -0.746. The first-order valence-corrected chi connectivity index (χ1v) is 5.38. The smallest absolute Gasteiger partial charge is 0.168 e. The Kier molecular flexibility index (Phi) is 3.83. The van der Waals surface area contributed by atoms with E-state index in [-0.39, 0.29) is 11.2 Å². The van der Waals surface area contributed by atoms with Crippen LogP contribution in [0.15, 0.2) is 12.3 Å². The van der Waals surface area contributed by atoms with Gasteiger partial charge in [-0.05, 0) is 11.3 Å². The van der Waals surface area contributed by atoms with Crippen molar-refractivity contribution in [3.05, 3.63) is 23.9 Å². The second-order valence-corrected chi connectivity index (χ2v) is 4.98. The maximum Gasteiger partial charge on any atom is 0.168 e. The molecule has 4 heteroatoms. The molecule has 0 amide bonds. The fourth-order valence-corrected chi connectivity index (χ4v) is 1.06. The highest BCUT2D eigenvalue weighted by Gasteiger charge is 2.22. The van der Waals surface area contributed by atoms with E-state index < -0.39 is 11.6 Å². The van der Waals surface area contributed by atoms with E-state index in [9.17, 15) is 8.78 Å². The fourth-order valence-electron chi connectivity index (χ4n) is 1.06. The molecule has 0 aromatic carbocycles. The van der Waals surface area contributed by atoms with Crippen molar-refractivity contribution < 1.29 is 8.78 Å². The molecule has 0 fully saturated rings. The standard InChI is InChI=1S/C12H18F2N2/c1-8(2)12(3,4)7-16-11-10(14)5-9(13)6-15-11/h5-6,8H,7H2,1-4H3,(H,15,16). The summed E-state index contributed by atoms with van der Waals surface area (Å²) in [6.07, 6.45) is 1.01. The molecule has 0 aliphatic rings. The van der Waals surface area contributed by atoms with Crippen molar-refractivity contribution in [2.75, 3.05) is 11.9 Å². The van der Waals surface area contributed by atoms with E-state index in [1.54, 1.807) is 0 Å². The first-order chi connectivity index (χ1) is 7.33. The Morgan fingerprint density at radius 1 is 1.38 bits per heavy atom. The van der Waals surface area contributed by atoms with Crippen molar-refractivity contribution in [3.8, 4) is 0 Å². The summed E-state index contributed by atoms with van der Waals surface area (Å²) in [5, 5.41) is 2.91. The van der Waals surface area contributed by atoms with Crippen molar-refractivity contribution in [1.82, 2.24) is 4.98 Å². The van der Waals surface area contributed by atoms with Crippen molar-refractivity contribution in [1.29, 1.82) is 0 Å². The zero-order chi connectivity index (χ0) is 12.3. The Morgan fingerprint density at radius 2 is 2.00 bits per heavy atom. The number of pyridine rings is 1. The number of rotatable bonds is 4. The van der Waals surface area contributed by atoms with Gasteiger partial charge in [-0.3, -0.25) is 0 Å². The minimum absolute atomic E-state index is 0.0303. The Bertz CT molecular complexity index is 362. The van der Waals surface area contributed by atoms with Gasteiger partial charge in [0.15, 0.2) is 11.6 Å². The van der Waals surface area contributed by atoms with Gasteiger partial charge in [0.2, 0.25) is 0 Å². The van der Waals surface area contributed by atoms with Gasteiger partial charge >= 0.3 is 0 Å². The molecule has 0 spiro atoms. The van der Waals surface area contributed by atoms with Crippen molar-refractivity contribution in [2.24, 2.45) is 11.3 Å². The van der Waals surface area contributed by atoms with Crippen LogP contribution >= 0.6 is 0 Å². The number of hydrogen-bond donors (Lipinski definition) is 1. The predicted molar refractivity (Wildman–Crippen MR) is 61.3 cm³/mol. The molecule has 0 saturated heterocycles. The minimum Gasteiger partial charge on any atom is -0.367 e. The van der Waals surface area contributed by atoms with E-state index in [4.69, 9.17) is 0 Å². The van der Waals surface area contributed by atoms with Gasteiger partial charge in [-0.1, -0.05) is 27.7 Å². The van der Waals surface area contributed by atoms with Crippen LogP contribution in [0.4, 0.5) is 14.6 Å². The van der Waals surface area contributed by atoms with Crippen LogP contribution in [0.3, 0.4) is 0 Å². The maximum atomic E-state index is 13.3. The second-order valence-electron chi connectivity index (χ2n) is 4.98.